The molecule has 1 amide bonds. The van der Waals surface area contributed by atoms with Gasteiger partial charge in [-0.15, -0.1) is 0 Å². The molecule has 0 aromatic heterocycles. The van der Waals surface area contributed by atoms with Crippen molar-refractivity contribution in [1.82, 2.24) is 0 Å². The topological polar surface area (TPSA) is 50.4 Å². The number of hydrogen-bond acceptors (Lipinski definition) is 3. The van der Waals surface area contributed by atoms with E-state index >= 15 is 0 Å². The van der Waals surface area contributed by atoms with Crippen molar-refractivity contribution in [2.24, 2.45) is 0 Å². The molecule has 2 N–H and O–H groups in total. The van der Waals surface area contributed by atoms with Crippen molar-refractivity contribution in [1.29, 1.82) is 0 Å². The van der Waals surface area contributed by atoms with Gasteiger partial charge in [-0.1, -0.05) is 22.0 Å². The lowest BCUT2D eigenvalue weighted by atomic mass is 10.2. The molecule has 0 spiro atoms. The largest absolute Gasteiger partial charge is 0.495 e. The zero-order valence-corrected chi connectivity index (χ0v) is 15.2. The van der Waals surface area contributed by atoms with Gasteiger partial charge < -0.3 is 15.4 Å². The van der Waals surface area contributed by atoms with Crippen LogP contribution in [-0.2, 0) is 4.79 Å². The van der Waals surface area contributed by atoms with Gasteiger partial charge in [0.25, 0.3) is 0 Å². The first-order valence-electron chi connectivity index (χ1n) is 7.44. The highest BCUT2D eigenvalue weighted by Crippen LogP contribution is 2.25. The van der Waals surface area contributed by atoms with E-state index in [-0.39, 0.29) is 5.91 Å². The smallest absolute Gasteiger partial charge is 0.226 e. The number of amides is 1. The molecule has 0 fully saturated rings. The molecule has 2 rings (SSSR count). The van der Waals surface area contributed by atoms with Crippen molar-refractivity contribution in [3.63, 3.8) is 0 Å². The lowest BCUT2D eigenvalue weighted by Crippen LogP contribution is -2.16. The van der Waals surface area contributed by atoms with Crippen LogP contribution in [-0.4, -0.2) is 19.6 Å². The number of benzene rings is 2. The number of ether oxygens (including phenoxy) is 1. The summed E-state index contributed by atoms with van der Waals surface area (Å²) in [5.41, 5.74) is 3.94. The van der Waals surface area contributed by atoms with Gasteiger partial charge in [0.1, 0.15) is 5.75 Å². The molecule has 0 aliphatic heterocycles. The lowest BCUT2D eigenvalue weighted by molar-refractivity contribution is -0.115. The molecule has 5 heteroatoms. The van der Waals surface area contributed by atoms with Gasteiger partial charge in [0.2, 0.25) is 5.91 Å². The van der Waals surface area contributed by atoms with Crippen molar-refractivity contribution < 1.29 is 9.53 Å². The van der Waals surface area contributed by atoms with E-state index in [4.69, 9.17) is 4.74 Å². The summed E-state index contributed by atoms with van der Waals surface area (Å²) in [7, 11) is 1.64. The van der Waals surface area contributed by atoms with Crippen LogP contribution in [0.2, 0.25) is 0 Å². The molecular formula is C18H21BrN2O2. The minimum absolute atomic E-state index is 0.0224. The van der Waals surface area contributed by atoms with Crippen molar-refractivity contribution in [3.8, 4) is 5.75 Å². The maximum Gasteiger partial charge on any atom is 0.226 e. The number of hydrogen-bond donors (Lipinski definition) is 2. The van der Waals surface area contributed by atoms with Crippen LogP contribution in [0.15, 0.2) is 40.9 Å². The summed E-state index contributed by atoms with van der Waals surface area (Å²) in [4.78, 5) is 12.0. The van der Waals surface area contributed by atoms with Crippen LogP contribution in [0.5, 0.6) is 5.75 Å². The summed E-state index contributed by atoms with van der Waals surface area (Å²) in [6.07, 6.45) is 0.381. The number of carbonyl (C=O) groups excluding carboxylic acids is 1. The number of rotatable bonds is 6. The van der Waals surface area contributed by atoms with E-state index in [1.165, 1.54) is 0 Å². The quantitative estimate of drug-likeness (QED) is 0.779. The second-order valence-electron chi connectivity index (χ2n) is 5.39. The summed E-state index contributed by atoms with van der Waals surface area (Å²) < 4.78 is 6.34. The summed E-state index contributed by atoms with van der Waals surface area (Å²) in [6.45, 7) is 4.56. The Bertz CT molecular complexity index is 701. The van der Waals surface area contributed by atoms with Crippen LogP contribution in [0, 0.1) is 13.8 Å². The normalized spacial score (nSPS) is 10.3. The summed E-state index contributed by atoms with van der Waals surface area (Å²) in [5.74, 6) is 0.755. The maximum atomic E-state index is 12.0. The van der Waals surface area contributed by atoms with Gasteiger partial charge >= 0.3 is 0 Å². The van der Waals surface area contributed by atoms with E-state index in [1.807, 2.05) is 50.2 Å². The van der Waals surface area contributed by atoms with Crippen LogP contribution in [0.1, 0.15) is 17.5 Å². The number of carbonyl (C=O) groups is 1. The van der Waals surface area contributed by atoms with Gasteiger partial charge in [-0.25, -0.2) is 0 Å². The Morgan fingerprint density at radius 3 is 2.65 bits per heavy atom. The van der Waals surface area contributed by atoms with E-state index in [0.29, 0.717) is 13.0 Å². The lowest BCUT2D eigenvalue weighted by Gasteiger charge is -2.12. The van der Waals surface area contributed by atoms with Crippen LogP contribution in [0.3, 0.4) is 0 Å². The van der Waals surface area contributed by atoms with Crippen molar-refractivity contribution in [2.75, 3.05) is 24.3 Å². The Labute approximate surface area is 145 Å². The molecule has 0 saturated heterocycles. The highest BCUT2D eigenvalue weighted by Gasteiger charge is 2.06. The Balaban J connectivity index is 1.87. The third kappa shape index (κ3) is 4.99. The summed E-state index contributed by atoms with van der Waals surface area (Å²) >= 11 is 3.45. The van der Waals surface area contributed by atoms with Gasteiger partial charge in [0.05, 0.1) is 12.8 Å². The van der Waals surface area contributed by atoms with Crippen LogP contribution >= 0.6 is 15.9 Å². The number of nitrogens with one attached hydrogen (secondary N) is 2. The highest BCUT2D eigenvalue weighted by atomic mass is 79.9. The van der Waals surface area contributed by atoms with E-state index in [2.05, 4.69) is 26.6 Å². The molecule has 0 aliphatic carbocycles. The molecule has 0 atom stereocenters. The fourth-order valence-electron chi connectivity index (χ4n) is 2.22. The van der Waals surface area contributed by atoms with Gasteiger partial charge in [-0.2, -0.15) is 0 Å². The Kier molecular flexibility index (Phi) is 6.04. The Hall–Kier alpha value is -2.01. The van der Waals surface area contributed by atoms with Gasteiger partial charge in [0.15, 0.2) is 0 Å². The highest BCUT2D eigenvalue weighted by molar-refractivity contribution is 9.10. The molecule has 0 saturated carbocycles. The summed E-state index contributed by atoms with van der Waals surface area (Å²) in [6, 6.07) is 11.7. The van der Waals surface area contributed by atoms with Crippen LogP contribution < -0.4 is 15.4 Å². The van der Waals surface area contributed by atoms with Gasteiger partial charge in [-0.05, 0) is 55.3 Å². The number of aryl methyl sites for hydroxylation is 2. The van der Waals surface area contributed by atoms with Crippen molar-refractivity contribution >= 4 is 33.2 Å². The minimum atomic E-state index is -0.0224. The average Bonchev–Trinajstić information content (AvgIpc) is 2.51. The van der Waals surface area contributed by atoms with Gasteiger partial charge in [-0.3, -0.25) is 4.79 Å². The van der Waals surface area contributed by atoms with Crippen LogP contribution in [0.25, 0.3) is 0 Å². The molecule has 122 valence electrons. The molecule has 4 nitrogen and oxygen atoms in total. The number of anilines is 2. The Morgan fingerprint density at radius 2 is 1.96 bits per heavy atom. The Morgan fingerprint density at radius 1 is 1.17 bits per heavy atom. The van der Waals surface area contributed by atoms with E-state index < -0.39 is 0 Å². The predicted molar refractivity (Wildman–Crippen MR) is 98.3 cm³/mol. The summed E-state index contributed by atoms with van der Waals surface area (Å²) in [5, 5.41) is 6.15. The molecular weight excluding hydrogens is 356 g/mol. The number of halogens is 1. The molecule has 0 unspecified atom stereocenters. The molecule has 23 heavy (non-hydrogen) atoms. The van der Waals surface area contributed by atoms with Crippen molar-refractivity contribution in [2.45, 2.75) is 20.3 Å². The molecule has 0 heterocycles. The molecule has 0 aliphatic rings. The maximum absolute atomic E-state index is 12.0. The monoisotopic (exact) mass is 376 g/mol. The first-order chi connectivity index (χ1) is 11.0. The van der Waals surface area contributed by atoms with E-state index in [9.17, 15) is 4.79 Å². The third-order valence-corrected chi connectivity index (χ3v) is 4.35. The first-order valence-corrected chi connectivity index (χ1v) is 8.23. The molecule has 0 bridgehead atoms. The third-order valence-electron chi connectivity index (χ3n) is 3.46. The second kappa shape index (κ2) is 8.02. The zero-order valence-electron chi connectivity index (χ0n) is 13.6. The van der Waals surface area contributed by atoms with Crippen molar-refractivity contribution in [3.05, 3.63) is 52.0 Å². The molecule has 0 radical (unpaired) electrons. The fraction of sp³-hybridized carbons (Fsp3) is 0.278. The minimum Gasteiger partial charge on any atom is -0.495 e. The number of methoxy groups -OCH3 is 1. The van der Waals surface area contributed by atoms with E-state index in [0.717, 1.165) is 32.7 Å². The molecule has 2 aromatic rings. The fourth-order valence-corrected chi connectivity index (χ4v) is 2.46. The zero-order chi connectivity index (χ0) is 16.8. The predicted octanol–water partition coefficient (Wildman–Crippen LogP) is 4.52. The SMILES string of the molecule is COc1ccc(C)cc1NCCC(=O)Nc1ccc(Br)c(C)c1. The average molecular weight is 377 g/mol. The first kappa shape index (κ1) is 17.3. The molecule has 2 aromatic carbocycles. The second-order valence-corrected chi connectivity index (χ2v) is 6.25. The standard InChI is InChI=1S/C18H21BrN2O2/c1-12-4-7-17(23-3)16(10-12)20-9-8-18(22)21-14-5-6-15(19)13(2)11-14/h4-7,10-11,20H,8-9H2,1-3H3,(H,21,22). The van der Waals surface area contributed by atoms with Gasteiger partial charge in [0, 0.05) is 23.1 Å². The van der Waals surface area contributed by atoms with E-state index in [1.54, 1.807) is 7.11 Å². The van der Waals surface area contributed by atoms with Crippen LogP contribution in [0.4, 0.5) is 11.4 Å².